The number of rotatable bonds is 3. The lowest BCUT2D eigenvalue weighted by atomic mass is 9.82. The molecule has 0 atom stereocenters. The van der Waals surface area contributed by atoms with E-state index in [1.54, 1.807) is 0 Å². The van der Waals surface area contributed by atoms with Crippen LogP contribution in [0, 0.1) is 0 Å². The smallest absolute Gasteiger partial charge is 0.140 e. The van der Waals surface area contributed by atoms with Crippen LogP contribution in [0.25, 0.3) is 0 Å². The molecule has 2 nitrogen and oxygen atoms in total. The molecule has 1 fully saturated rings. The summed E-state index contributed by atoms with van der Waals surface area (Å²) in [6.45, 7) is 2.15. The Hall–Kier alpha value is -1.44. The molecular weight excluding hydrogens is 212 g/mol. The van der Waals surface area contributed by atoms with Crippen LogP contribution in [0.2, 0.25) is 0 Å². The molecule has 1 aliphatic carbocycles. The van der Waals surface area contributed by atoms with Gasteiger partial charge in [0, 0.05) is 12.8 Å². The largest absolute Gasteiger partial charge is 0.299 e. The number of carbonyl (C=O) groups excluding carboxylic acids is 2. The van der Waals surface area contributed by atoms with Crippen LogP contribution in [0.3, 0.4) is 0 Å². The van der Waals surface area contributed by atoms with E-state index in [1.807, 2.05) is 12.1 Å². The molecule has 0 aliphatic heterocycles. The van der Waals surface area contributed by atoms with E-state index in [4.69, 9.17) is 0 Å². The standard InChI is InChI=1S/C15H18O2/c1-2-4-11-5-3-6-12(7-11)13-8-14(16)10-15(17)9-13/h3,5-7,13H,2,4,8-10H2,1H3. The van der Waals surface area contributed by atoms with Crippen molar-refractivity contribution in [3.63, 3.8) is 0 Å². The fraction of sp³-hybridized carbons (Fsp3) is 0.467. The summed E-state index contributed by atoms with van der Waals surface area (Å²) in [5.41, 5.74) is 2.45. The fourth-order valence-corrected chi connectivity index (χ4v) is 2.51. The average molecular weight is 230 g/mol. The number of benzene rings is 1. The highest BCUT2D eigenvalue weighted by Crippen LogP contribution is 2.29. The first-order valence-electron chi connectivity index (χ1n) is 6.31. The lowest BCUT2D eigenvalue weighted by Crippen LogP contribution is -2.21. The van der Waals surface area contributed by atoms with Crippen molar-refractivity contribution in [2.24, 2.45) is 0 Å². The third-order valence-corrected chi connectivity index (χ3v) is 3.30. The van der Waals surface area contributed by atoms with Gasteiger partial charge >= 0.3 is 0 Å². The molecule has 2 heteroatoms. The van der Waals surface area contributed by atoms with Crippen molar-refractivity contribution in [2.45, 2.75) is 44.9 Å². The van der Waals surface area contributed by atoms with Gasteiger partial charge in [0.2, 0.25) is 0 Å². The van der Waals surface area contributed by atoms with Crippen molar-refractivity contribution >= 4 is 11.6 Å². The van der Waals surface area contributed by atoms with Gasteiger partial charge in [-0.3, -0.25) is 9.59 Å². The maximum absolute atomic E-state index is 11.4. The van der Waals surface area contributed by atoms with Crippen LogP contribution >= 0.6 is 0 Å². The monoisotopic (exact) mass is 230 g/mol. The Kier molecular flexibility index (Phi) is 3.72. The first-order chi connectivity index (χ1) is 8.19. The summed E-state index contributed by atoms with van der Waals surface area (Å²) in [4.78, 5) is 22.9. The van der Waals surface area contributed by atoms with E-state index >= 15 is 0 Å². The lowest BCUT2D eigenvalue weighted by Gasteiger charge is -2.20. The van der Waals surface area contributed by atoms with Crippen molar-refractivity contribution in [1.82, 2.24) is 0 Å². The zero-order chi connectivity index (χ0) is 12.3. The van der Waals surface area contributed by atoms with Gasteiger partial charge in [0.25, 0.3) is 0 Å². The molecule has 0 unspecified atom stereocenters. The van der Waals surface area contributed by atoms with E-state index in [0.29, 0.717) is 12.8 Å². The molecule has 90 valence electrons. The Bertz CT molecular complexity index is 418. The van der Waals surface area contributed by atoms with Crippen LogP contribution in [0.15, 0.2) is 24.3 Å². The van der Waals surface area contributed by atoms with Crippen LogP contribution in [-0.2, 0) is 16.0 Å². The van der Waals surface area contributed by atoms with Gasteiger partial charge in [-0.2, -0.15) is 0 Å². The minimum Gasteiger partial charge on any atom is -0.299 e. The summed E-state index contributed by atoms with van der Waals surface area (Å²) in [5, 5.41) is 0. The molecule has 1 aliphatic rings. The molecule has 1 aromatic rings. The molecule has 0 N–H and O–H groups in total. The topological polar surface area (TPSA) is 34.1 Å². The predicted octanol–water partition coefficient (Wildman–Crippen LogP) is 3.04. The number of hydrogen-bond acceptors (Lipinski definition) is 2. The van der Waals surface area contributed by atoms with E-state index in [-0.39, 0.29) is 23.9 Å². The number of hydrogen-bond donors (Lipinski definition) is 0. The summed E-state index contributed by atoms with van der Waals surface area (Å²) in [7, 11) is 0. The predicted molar refractivity (Wildman–Crippen MR) is 67.0 cm³/mol. The van der Waals surface area contributed by atoms with Gasteiger partial charge in [0.15, 0.2) is 0 Å². The van der Waals surface area contributed by atoms with Gasteiger partial charge in [-0.05, 0) is 23.5 Å². The Morgan fingerprint density at radius 3 is 2.53 bits per heavy atom. The summed E-state index contributed by atoms with van der Waals surface area (Å²) >= 11 is 0. The molecule has 0 saturated heterocycles. The van der Waals surface area contributed by atoms with Crippen LogP contribution in [0.5, 0.6) is 0 Å². The van der Waals surface area contributed by atoms with Crippen LogP contribution < -0.4 is 0 Å². The van der Waals surface area contributed by atoms with Gasteiger partial charge < -0.3 is 0 Å². The number of ketones is 2. The molecule has 17 heavy (non-hydrogen) atoms. The number of carbonyl (C=O) groups is 2. The van der Waals surface area contributed by atoms with Gasteiger partial charge in [-0.25, -0.2) is 0 Å². The minimum atomic E-state index is 0.0899. The number of aryl methyl sites for hydroxylation is 1. The van der Waals surface area contributed by atoms with Gasteiger partial charge in [0.05, 0.1) is 6.42 Å². The summed E-state index contributed by atoms with van der Waals surface area (Å²) in [6, 6.07) is 8.33. The van der Waals surface area contributed by atoms with Gasteiger partial charge in [-0.1, -0.05) is 37.6 Å². The maximum atomic E-state index is 11.4. The highest BCUT2D eigenvalue weighted by atomic mass is 16.1. The second kappa shape index (κ2) is 5.26. The molecule has 0 bridgehead atoms. The maximum Gasteiger partial charge on any atom is 0.140 e. The SMILES string of the molecule is CCCc1cccc(C2CC(=O)CC(=O)C2)c1. The van der Waals surface area contributed by atoms with Crippen molar-refractivity contribution in [3.05, 3.63) is 35.4 Å². The highest BCUT2D eigenvalue weighted by Gasteiger charge is 2.26. The van der Waals surface area contributed by atoms with Gasteiger partial charge in [-0.15, -0.1) is 0 Å². The zero-order valence-electron chi connectivity index (χ0n) is 10.2. The van der Waals surface area contributed by atoms with Crippen molar-refractivity contribution < 1.29 is 9.59 Å². The van der Waals surface area contributed by atoms with Crippen LogP contribution in [0.1, 0.15) is 49.7 Å². The highest BCUT2D eigenvalue weighted by molar-refractivity contribution is 6.02. The molecule has 0 heterocycles. The summed E-state index contributed by atoms with van der Waals surface area (Å²) in [5.74, 6) is 0.292. The Balaban J connectivity index is 2.18. The third kappa shape index (κ3) is 3.02. The Labute approximate surface area is 102 Å². The normalized spacial score (nSPS) is 17.5. The van der Waals surface area contributed by atoms with E-state index < -0.39 is 0 Å². The molecule has 0 spiro atoms. The number of Topliss-reactive ketones (excluding diaryl/α,β-unsaturated/α-hetero) is 2. The zero-order valence-corrected chi connectivity index (χ0v) is 10.2. The van der Waals surface area contributed by atoms with E-state index in [0.717, 1.165) is 18.4 Å². The second-order valence-electron chi connectivity index (χ2n) is 4.85. The molecule has 0 amide bonds. The summed E-state index contributed by atoms with van der Waals surface area (Å²) in [6.07, 6.45) is 3.38. The van der Waals surface area contributed by atoms with Gasteiger partial charge in [0.1, 0.15) is 11.6 Å². The minimum absolute atomic E-state index is 0.0899. The van der Waals surface area contributed by atoms with Crippen LogP contribution in [0.4, 0.5) is 0 Å². The molecule has 1 aromatic carbocycles. The van der Waals surface area contributed by atoms with Crippen LogP contribution in [-0.4, -0.2) is 11.6 Å². The molecule has 0 radical (unpaired) electrons. The third-order valence-electron chi connectivity index (χ3n) is 3.30. The molecule has 2 rings (SSSR count). The molecule has 1 saturated carbocycles. The first kappa shape index (κ1) is 12.0. The first-order valence-corrected chi connectivity index (χ1v) is 6.31. The van der Waals surface area contributed by atoms with Crippen molar-refractivity contribution in [2.75, 3.05) is 0 Å². The Morgan fingerprint density at radius 1 is 1.18 bits per heavy atom. The quantitative estimate of drug-likeness (QED) is 0.748. The molecule has 0 aromatic heterocycles. The van der Waals surface area contributed by atoms with E-state index in [1.165, 1.54) is 5.56 Å². The van der Waals surface area contributed by atoms with Crippen molar-refractivity contribution in [3.8, 4) is 0 Å². The van der Waals surface area contributed by atoms with E-state index in [2.05, 4.69) is 19.1 Å². The summed E-state index contributed by atoms with van der Waals surface area (Å²) < 4.78 is 0. The fourth-order valence-electron chi connectivity index (χ4n) is 2.51. The van der Waals surface area contributed by atoms with Crippen molar-refractivity contribution in [1.29, 1.82) is 0 Å². The van der Waals surface area contributed by atoms with E-state index in [9.17, 15) is 9.59 Å². The lowest BCUT2D eigenvalue weighted by molar-refractivity contribution is -0.130. The average Bonchev–Trinajstić information content (AvgIpc) is 2.28. The Morgan fingerprint density at radius 2 is 1.88 bits per heavy atom. The second-order valence-corrected chi connectivity index (χ2v) is 4.85. The molecular formula is C15H18O2.